The number of nitrogens with zero attached hydrogens (tertiary/aromatic N) is 1. The Bertz CT molecular complexity index is 462. The molecule has 86 valence electrons. The van der Waals surface area contributed by atoms with Crippen LogP contribution < -0.4 is 9.47 Å². The van der Waals surface area contributed by atoms with E-state index >= 15 is 0 Å². The van der Waals surface area contributed by atoms with Gasteiger partial charge in [-0.05, 0) is 12.1 Å². The van der Waals surface area contributed by atoms with E-state index in [0.29, 0.717) is 5.92 Å². The van der Waals surface area contributed by atoms with Gasteiger partial charge in [0.25, 0.3) is 0 Å². The minimum Gasteiger partial charge on any atom is -0.494 e. The maximum atomic E-state index is 5.29. The average molecular weight is 220 g/mol. The van der Waals surface area contributed by atoms with Crippen LogP contribution in [0.5, 0.6) is 11.5 Å². The summed E-state index contributed by atoms with van der Waals surface area (Å²) in [5.74, 6) is 2.84. The molecule has 1 aromatic carbocycles. The van der Waals surface area contributed by atoms with Gasteiger partial charge in [0.15, 0.2) is 0 Å². The first-order valence-corrected chi connectivity index (χ1v) is 5.28. The highest BCUT2D eigenvalue weighted by molar-refractivity contribution is 5.87. The monoisotopic (exact) mass is 220 g/mol. The van der Waals surface area contributed by atoms with Gasteiger partial charge in [-0.1, -0.05) is 13.8 Å². The second-order valence-corrected chi connectivity index (χ2v) is 3.97. The van der Waals surface area contributed by atoms with Gasteiger partial charge in [0.2, 0.25) is 0 Å². The summed E-state index contributed by atoms with van der Waals surface area (Å²) in [4.78, 5) is 7.80. The number of aromatic amines is 1. The van der Waals surface area contributed by atoms with Crippen LogP contribution in [0.4, 0.5) is 0 Å². The van der Waals surface area contributed by atoms with Gasteiger partial charge in [0.05, 0.1) is 14.2 Å². The van der Waals surface area contributed by atoms with E-state index in [2.05, 4.69) is 23.8 Å². The molecule has 4 nitrogen and oxygen atoms in total. The summed E-state index contributed by atoms with van der Waals surface area (Å²) in [7, 11) is 3.29. The van der Waals surface area contributed by atoms with Crippen molar-refractivity contribution in [1.82, 2.24) is 9.97 Å². The topological polar surface area (TPSA) is 47.1 Å². The zero-order valence-corrected chi connectivity index (χ0v) is 10.00. The minimum absolute atomic E-state index is 0.349. The fraction of sp³-hybridized carbons (Fsp3) is 0.417. The van der Waals surface area contributed by atoms with Crippen molar-refractivity contribution in [2.24, 2.45) is 0 Å². The lowest BCUT2D eigenvalue weighted by molar-refractivity contribution is 0.409. The van der Waals surface area contributed by atoms with Crippen LogP contribution >= 0.6 is 0 Å². The molecule has 0 aliphatic carbocycles. The predicted molar refractivity (Wildman–Crippen MR) is 63.3 cm³/mol. The first kappa shape index (κ1) is 10.8. The van der Waals surface area contributed by atoms with Crippen molar-refractivity contribution in [1.29, 1.82) is 0 Å². The molecule has 0 unspecified atom stereocenters. The van der Waals surface area contributed by atoms with E-state index in [-0.39, 0.29) is 0 Å². The van der Waals surface area contributed by atoms with Crippen molar-refractivity contribution in [2.75, 3.05) is 14.2 Å². The van der Waals surface area contributed by atoms with Gasteiger partial charge in [0.1, 0.15) is 28.4 Å². The molecule has 0 amide bonds. The third-order valence-electron chi connectivity index (χ3n) is 2.57. The summed E-state index contributed by atoms with van der Waals surface area (Å²) in [5.41, 5.74) is 1.72. The van der Waals surface area contributed by atoms with Crippen molar-refractivity contribution in [3.05, 3.63) is 18.0 Å². The van der Waals surface area contributed by atoms with Gasteiger partial charge in [0, 0.05) is 5.92 Å². The predicted octanol–water partition coefficient (Wildman–Crippen LogP) is 2.70. The van der Waals surface area contributed by atoms with Crippen molar-refractivity contribution in [3.8, 4) is 11.5 Å². The van der Waals surface area contributed by atoms with E-state index in [1.807, 2.05) is 12.1 Å². The van der Waals surface area contributed by atoms with E-state index in [9.17, 15) is 0 Å². The maximum absolute atomic E-state index is 5.29. The lowest BCUT2D eigenvalue weighted by Gasteiger charge is -2.04. The SMILES string of the molecule is COc1ccc(OC)c2[nH]c(C(C)C)nc12. The molecule has 0 aliphatic heterocycles. The Morgan fingerprint density at radius 3 is 2.31 bits per heavy atom. The normalized spacial score (nSPS) is 11.1. The third kappa shape index (κ3) is 1.60. The van der Waals surface area contributed by atoms with Crippen LogP contribution in [0.2, 0.25) is 0 Å². The van der Waals surface area contributed by atoms with Crippen LogP contribution in [-0.4, -0.2) is 24.2 Å². The lowest BCUT2D eigenvalue weighted by Crippen LogP contribution is -1.88. The molecule has 0 bridgehead atoms. The Morgan fingerprint density at radius 2 is 1.75 bits per heavy atom. The first-order valence-electron chi connectivity index (χ1n) is 5.28. The number of methoxy groups -OCH3 is 2. The molecule has 1 N–H and O–H groups in total. The van der Waals surface area contributed by atoms with Crippen LogP contribution in [0.1, 0.15) is 25.6 Å². The summed E-state index contributed by atoms with van der Waals surface area (Å²) in [6.45, 7) is 4.19. The summed E-state index contributed by atoms with van der Waals surface area (Å²) in [5, 5.41) is 0. The molecule has 0 radical (unpaired) electrons. The van der Waals surface area contributed by atoms with Crippen LogP contribution in [0.15, 0.2) is 12.1 Å². The smallest absolute Gasteiger partial charge is 0.146 e. The van der Waals surface area contributed by atoms with E-state index < -0.39 is 0 Å². The van der Waals surface area contributed by atoms with Crippen molar-refractivity contribution in [3.63, 3.8) is 0 Å². The quantitative estimate of drug-likeness (QED) is 0.865. The highest BCUT2D eigenvalue weighted by atomic mass is 16.5. The van der Waals surface area contributed by atoms with Gasteiger partial charge >= 0.3 is 0 Å². The van der Waals surface area contributed by atoms with Gasteiger partial charge in [-0.15, -0.1) is 0 Å². The Balaban J connectivity index is 2.70. The third-order valence-corrected chi connectivity index (χ3v) is 2.57. The molecule has 0 aliphatic rings. The van der Waals surface area contributed by atoms with Crippen LogP contribution in [0, 0.1) is 0 Å². The number of rotatable bonds is 3. The molecule has 1 heterocycles. The summed E-state index contributed by atoms with van der Waals surface area (Å²) in [6.07, 6.45) is 0. The minimum atomic E-state index is 0.349. The maximum Gasteiger partial charge on any atom is 0.146 e. The number of ether oxygens (including phenoxy) is 2. The summed E-state index contributed by atoms with van der Waals surface area (Å²) in [6, 6.07) is 3.75. The molecule has 0 fully saturated rings. The molecule has 2 rings (SSSR count). The Labute approximate surface area is 94.6 Å². The highest BCUT2D eigenvalue weighted by Crippen LogP contribution is 2.32. The molecule has 16 heavy (non-hydrogen) atoms. The van der Waals surface area contributed by atoms with E-state index in [4.69, 9.17) is 9.47 Å². The molecule has 1 aromatic heterocycles. The number of imidazole rings is 1. The van der Waals surface area contributed by atoms with Gasteiger partial charge in [-0.2, -0.15) is 0 Å². The fourth-order valence-corrected chi connectivity index (χ4v) is 1.67. The molecule has 0 saturated heterocycles. The van der Waals surface area contributed by atoms with Crippen molar-refractivity contribution >= 4 is 11.0 Å². The molecule has 0 atom stereocenters. The Morgan fingerprint density at radius 1 is 1.12 bits per heavy atom. The van der Waals surface area contributed by atoms with Gasteiger partial charge in [-0.3, -0.25) is 0 Å². The number of H-pyrrole nitrogens is 1. The van der Waals surface area contributed by atoms with Crippen LogP contribution in [0.3, 0.4) is 0 Å². The number of aromatic nitrogens is 2. The molecule has 4 heteroatoms. The summed E-state index contributed by atoms with van der Waals surface area (Å²) >= 11 is 0. The van der Waals surface area contributed by atoms with Gasteiger partial charge < -0.3 is 14.5 Å². The number of hydrogen-bond acceptors (Lipinski definition) is 3. The number of fused-ring (bicyclic) bond motifs is 1. The second-order valence-electron chi connectivity index (χ2n) is 3.97. The van der Waals surface area contributed by atoms with E-state index in [1.54, 1.807) is 14.2 Å². The molecule has 0 saturated carbocycles. The summed E-state index contributed by atoms with van der Waals surface area (Å²) < 4.78 is 10.6. The molecular formula is C12H16N2O2. The molecule has 2 aromatic rings. The van der Waals surface area contributed by atoms with Crippen LogP contribution in [-0.2, 0) is 0 Å². The van der Waals surface area contributed by atoms with Crippen LogP contribution in [0.25, 0.3) is 11.0 Å². The lowest BCUT2D eigenvalue weighted by atomic mass is 10.2. The highest BCUT2D eigenvalue weighted by Gasteiger charge is 2.13. The first-order chi connectivity index (χ1) is 7.67. The van der Waals surface area contributed by atoms with Crippen molar-refractivity contribution in [2.45, 2.75) is 19.8 Å². The number of benzene rings is 1. The standard InChI is InChI=1S/C12H16N2O2/c1-7(2)12-13-10-8(15-3)5-6-9(16-4)11(10)14-12/h5-7H,1-4H3,(H,13,14). The Hall–Kier alpha value is -1.71. The average Bonchev–Trinajstić information content (AvgIpc) is 2.72. The van der Waals surface area contributed by atoms with Crippen molar-refractivity contribution < 1.29 is 9.47 Å². The van der Waals surface area contributed by atoms with E-state index in [0.717, 1.165) is 28.4 Å². The fourth-order valence-electron chi connectivity index (χ4n) is 1.67. The number of hydrogen-bond donors (Lipinski definition) is 1. The van der Waals surface area contributed by atoms with Gasteiger partial charge in [-0.25, -0.2) is 4.98 Å². The molecule has 0 spiro atoms. The largest absolute Gasteiger partial charge is 0.494 e. The number of nitrogens with one attached hydrogen (secondary N) is 1. The zero-order chi connectivity index (χ0) is 11.7. The Kier molecular flexibility index (Phi) is 2.73. The molecular weight excluding hydrogens is 204 g/mol. The zero-order valence-electron chi connectivity index (χ0n) is 10.00. The van der Waals surface area contributed by atoms with E-state index in [1.165, 1.54) is 0 Å². The second kappa shape index (κ2) is 4.04.